The maximum absolute atomic E-state index is 12.0. The van der Waals surface area contributed by atoms with Crippen LogP contribution in [0.15, 0.2) is 0 Å². The minimum absolute atomic E-state index is 0.337. The van der Waals surface area contributed by atoms with Crippen molar-refractivity contribution in [2.45, 2.75) is 58.5 Å². The molecule has 1 N–H and O–H groups in total. The largest absolute Gasteiger partial charge is 0.392 e. The molecule has 2 heteroatoms. The Hall–Kier alpha value is -0.370. The summed E-state index contributed by atoms with van der Waals surface area (Å²) < 4.78 is 0. The van der Waals surface area contributed by atoms with E-state index < -0.39 is 0 Å². The Bertz CT molecular complexity index is 259. The second-order valence-electron chi connectivity index (χ2n) is 5.73. The molecule has 0 aromatic heterocycles. The molecular formula is C13H22O2. The SMILES string of the molecule is CC(C)[C@@H]1CCC(=O)[C@]2(CCC[C@@H]2O)C1. The molecule has 0 heterocycles. The number of aliphatic hydroxyl groups is 1. The van der Waals surface area contributed by atoms with Crippen LogP contribution in [0.4, 0.5) is 0 Å². The highest BCUT2D eigenvalue weighted by Gasteiger charge is 2.51. The lowest BCUT2D eigenvalue weighted by Gasteiger charge is -2.40. The van der Waals surface area contributed by atoms with Gasteiger partial charge in [0, 0.05) is 6.42 Å². The Morgan fingerprint density at radius 2 is 2.13 bits per heavy atom. The third-order valence-corrected chi connectivity index (χ3v) is 4.61. The van der Waals surface area contributed by atoms with E-state index in [0.717, 1.165) is 32.1 Å². The Labute approximate surface area is 92.1 Å². The van der Waals surface area contributed by atoms with Crippen LogP contribution in [-0.2, 0) is 4.79 Å². The first-order valence-electron chi connectivity index (χ1n) is 6.27. The third-order valence-electron chi connectivity index (χ3n) is 4.61. The van der Waals surface area contributed by atoms with E-state index in [9.17, 15) is 9.90 Å². The van der Waals surface area contributed by atoms with E-state index in [1.165, 1.54) is 0 Å². The topological polar surface area (TPSA) is 37.3 Å². The van der Waals surface area contributed by atoms with Gasteiger partial charge in [0.1, 0.15) is 5.78 Å². The van der Waals surface area contributed by atoms with Gasteiger partial charge in [0.2, 0.25) is 0 Å². The van der Waals surface area contributed by atoms with Crippen LogP contribution in [0.5, 0.6) is 0 Å². The summed E-state index contributed by atoms with van der Waals surface area (Å²) in [4.78, 5) is 12.0. The van der Waals surface area contributed by atoms with Gasteiger partial charge in [-0.05, 0) is 43.9 Å². The summed E-state index contributed by atoms with van der Waals surface area (Å²) in [6, 6.07) is 0. The number of Topliss-reactive ketones (excluding diaryl/α,β-unsaturated/α-hetero) is 1. The molecule has 2 aliphatic rings. The maximum Gasteiger partial charge on any atom is 0.141 e. The van der Waals surface area contributed by atoms with E-state index in [2.05, 4.69) is 13.8 Å². The molecule has 0 bridgehead atoms. The number of carbonyl (C=O) groups is 1. The van der Waals surface area contributed by atoms with Gasteiger partial charge in [-0.3, -0.25) is 4.79 Å². The van der Waals surface area contributed by atoms with Gasteiger partial charge in [-0.1, -0.05) is 13.8 Å². The second-order valence-corrected chi connectivity index (χ2v) is 5.73. The van der Waals surface area contributed by atoms with Gasteiger partial charge < -0.3 is 5.11 Å². The molecule has 2 saturated carbocycles. The highest BCUT2D eigenvalue weighted by Crippen LogP contribution is 2.50. The number of aliphatic hydroxyl groups excluding tert-OH is 1. The Morgan fingerprint density at radius 3 is 2.67 bits per heavy atom. The lowest BCUT2D eigenvalue weighted by Crippen LogP contribution is -2.44. The van der Waals surface area contributed by atoms with E-state index in [1.54, 1.807) is 0 Å². The van der Waals surface area contributed by atoms with Crippen molar-refractivity contribution in [3.8, 4) is 0 Å². The van der Waals surface area contributed by atoms with E-state index in [1.807, 2.05) is 0 Å². The molecule has 0 aliphatic heterocycles. The predicted octanol–water partition coefficient (Wildman–Crippen LogP) is 2.54. The molecular weight excluding hydrogens is 188 g/mol. The quantitative estimate of drug-likeness (QED) is 0.722. The zero-order valence-corrected chi connectivity index (χ0v) is 9.83. The smallest absolute Gasteiger partial charge is 0.141 e. The second kappa shape index (κ2) is 3.89. The van der Waals surface area contributed by atoms with Crippen molar-refractivity contribution < 1.29 is 9.90 Å². The minimum atomic E-state index is -0.355. The molecule has 0 amide bonds. The van der Waals surface area contributed by atoms with Gasteiger partial charge in [0.25, 0.3) is 0 Å². The van der Waals surface area contributed by atoms with Crippen molar-refractivity contribution in [3.05, 3.63) is 0 Å². The van der Waals surface area contributed by atoms with Gasteiger partial charge in [-0.2, -0.15) is 0 Å². The molecule has 2 fully saturated rings. The predicted molar refractivity (Wildman–Crippen MR) is 59.5 cm³/mol. The zero-order valence-electron chi connectivity index (χ0n) is 9.83. The fourth-order valence-electron chi connectivity index (χ4n) is 3.44. The monoisotopic (exact) mass is 210 g/mol. The average molecular weight is 210 g/mol. The molecule has 86 valence electrons. The molecule has 15 heavy (non-hydrogen) atoms. The summed E-state index contributed by atoms with van der Waals surface area (Å²) in [5.74, 6) is 1.61. The third kappa shape index (κ3) is 1.73. The zero-order chi connectivity index (χ0) is 11.1. The van der Waals surface area contributed by atoms with Crippen LogP contribution in [0, 0.1) is 17.3 Å². The molecule has 0 saturated heterocycles. The molecule has 0 unspecified atom stereocenters. The van der Waals surface area contributed by atoms with Crippen molar-refractivity contribution in [3.63, 3.8) is 0 Å². The van der Waals surface area contributed by atoms with Crippen LogP contribution in [0.1, 0.15) is 52.4 Å². The number of hydrogen-bond donors (Lipinski definition) is 1. The van der Waals surface area contributed by atoms with Crippen LogP contribution in [-0.4, -0.2) is 17.0 Å². The van der Waals surface area contributed by atoms with Crippen LogP contribution < -0.4 is 0 Å². The summed E-state index contributed by atoms with van der Waals surface area (Å²) in [6.07, 6.45) is 5.09. The van der Waals surface area contributed by atoms with Crippen molar-refractivity contribution >= 4 is 5.78 Å². The summed E-state index contributed by atoms with van der Waals surface area (Å²) in [5, 5.41) is 10.1. The van der Waals surface area contributed by atoms with Crippen molar-refractivity contribution in [2.75, 3.05) is 0 Å². The molecule has 0 aromatic rings. The van der Waals surface area contributed by atoms with E-state index >= 15 is 0 Å². The Kier molecular flexibility index (Phi) is 2.89. The maximum atomic E-state index is 12.0. The van der Waals surface area contributed by atoms with Crippen LogP contribution in [0.2, 0.25) is 0 Å². The van der Waals surface area contributed by atoms with Gasteiger partial charge in [0.15, 0.2) is 0 Å². The van der Waals surface area contributed by atoms with Crippen LogP contribution in [0.3, 0.4) is 0 Å². The minimum Gasteiger partial charge on any atom is -0.392 e. The Balaban J connectivity index is 2.18. The van der Waals surface area contributed by atoms with E-state index in [4.69, 9.17) is 0 Å². The van der Waals surface area contributed by atoms with Gasteiger partial charge in [-0.15, -0.1) is 0 Å². The van der Waals surface area contributed by atoms with Crippen LogP contribution in [0.25, 0.3) is 0 Å². The lowest BCUT2D eigenvalue weighted by atomic mass is 9.64. The molecule has 1 spiro atoms. The molecule has 0 radical (unpaired) electrons. The first-order valence-corrected chi connectivity index (χ1v) is 6.27. The van der Waals surface area contributed by atoms with Crippen molar-refractivity contribution in [2.24, 2.45) is 17.3 Å². The highest BCUT2D eigenvalue weighted by molar-refractivity contribution is 5.86. The van der Waals surface area contributed by atoms with Gasteiger partial charge in [-0.25, -0.2) is 0 Å². The summed E-state index contributed by atoms with van der Waals surface area (Å²) in [7, 11) is 0. The average Bonchev–Trinajstić information content (AvgIpc) is 2.54. The number of rotatable bonds is 1. The fourth-order valence-corrected chi connectivity index (χ4v) is 3.44. The fraction of sp³-hybridized carbons (Fsp3) is 0.923. The molecule has 3 atom stereocenters. The summed E-state index contributed by atoms with van der Waals surface area (Å²) >= 11 is 0. The summed E-state index contributed by atoms with van der Waals surface area (Å²) in [6.45, 7) is 4.46. The molecule has 2 nitrogen and oxygen atoms in total. The first-order chi connectivity index (χ1) is 7.06. The normalized spacial score (nSPS) is 41.7. The standard InChI is InChI=1S/C13H22O2/c1-9(2)10-5-6-12(15)13(8-10)7-3-4-11(13)14/h9-11,14H,3-8H2,1-2H3/t10-,11+,13-/m1/s1. The number of carbonyl (C=O) groups excluding carboxylic acids is 1. The Morgan fingerprint density at radius 1 is 1.40 bits per heavy atom. The van der Waals surface area contributed by atoms with E-state index in [0.29, 0.717) is 24.0 Å². The van der Waals surface area contributed by atoms with Crippen LogP contribution >= 0.6 is 0 Å². The number of ketones is 1. The molecule has 2 aliphatic carbocycles. The van der Waals surface area contributed by atoms with Crippen molar-refractivity contribution in [1.82, 2.24) is 0 Å². The van der Waals surface area contributed by atoms with Gasteiger partial charge >= 0.3 is 0 Å². The molecule has 0 aromatic carbocycles. The molecule has 2 rings (SSSR count). The number of hydrogen-bond acceptors (Lipinski definition) is 2. The lowest BCUT2D eigenvalue weighted by molar-refractivity contribution is -0.139. The van der Waals surface area contributed by atoms with E-state index in [-0.39, 0.29) is 11.5 Å². The summed E-state index contributed by atoms with van der Waals surface area (Å²) in [5.41, 5.74) is -0.340. The van der Waals surface area contributed by atoms with Gasteiger partial charge in [0.05, 0.1) is 11.5 Å². The first kappa shape index (κ1) is 11.1. The highest BCUT2D eigenvalue weighted by atomic mass is 16.3. The van der Waals surface area contributed by atoms with Crippen molar-refractivity contribution in [1.29, 1.82) is 0 Å².